The van der Waals surface area contributed by atoms with E-state index in [2.05, 4.69) is 5.32 Å². The van der Waals surface area contributed by atoms with Crippen LogP contribution in [0, 0.1) is 11.6 Å². The number of nitrogens with one attached hydrogen (secondary N) is 1. The summed E-state index contributed by atoms with van der Waals surface area (Å²) in [5, 5.41) is 3.27. The smallest absolute Gasteiger partial charge is 0.167 e. The SMILES string of the molecule is O=C(Cc1c(F)cccc1F)c1ccc2c(c1)CCCN2. The van der Waals surface area contributed by atoms with Gasteiger partial charge in [-0.3, -0.25) is 4.79 Å². The normalized spacial score (nSPS) is 13.4. The average molecular weight is 287 g/mol. The van der Waals surface area contributed by atoms with Gasteiger partial charge in [-0.05, 0) is 48.7 Å². The minimum atomic E-state index is -0.678. The molecule has 0 aliphatic carbocycles. The number of benzene rings is 2. The van der Waals surface area contributed by atoms with Crippen LogP contribution in [-0.2, 0) is 12.8 Å². The molecule has 0 bridgehead atoms. The number of hydrogen-bond acceptors (Lipinski definition) is 2. The Bertz CT molecular complexity index is 677. The van der Waals surface area contributed by atoms with Gasteiger partial charge in [0.05, 0.1) is 0 Å². The van der Waals surface area contributed by atoms with Gasteiger partial charge in [0.15, 0.2) is 5.78 Å². The molecule has 1 heterocycles. The number of halogens is 2. The Kier molecular flexibility index (Phi) is 3.69. The standard InChI is InChI=1S/C17H15F2NO/c18-14-4-1-5-15(19)13(14)10-17(21)12-6-7-16-11(9-12)3-2-8-20-16/h1,4-7,9,20H,2-3,8,10H2. The summed E-state index contributed by atoms with van der Waals surface area (Å²) in [6, 6.07) is 9.02. The fourth-order valence-corrected chi connectivity index (χ4v) is 2.61. The molecule has 1 aliphatic heterocycles. The number of carbonyl (C=O) groups excluding carboxylic acids is 1. The molecule has 0 spiro atoms. The maximum absolute atomic E-state index is 13.6. The molecule has 1 N–H and O–H groups in total. The van der Waals surface area contributed by atoms with Crippen molar-refractivity contribution in [1.29, 1.82) is 0 Å². The molecular weight excluding hydrogens is 272 g/mol. The number of Topliss-reactive ketones (excluding diaryl/α,β-unsaturated/α-hetero) is 1. The molecule has 1 aliphatic rings. The molecule has 0 saturated carbocycles. The van der Waals surface area contributed by atoms with E-state index in [-0.39, 0.29) is 17.8 Å². The molecule has 4 heteroatoms. The highest BCUT2D eigenvalue weighted by Gasteiger charge is 2.16. The van der Waals surface area contributed by atoms with E-state index in [4.69, 9.17) is 0 Å². The molecule has 108 valence electrons. The van der Waals surface area contributed by atoms with Gasteiger partial charge in [-0.1, -0.05) is 6.07 Å². The van der Waals surface area contributed by atoms with E-state index in [1.165, 1.54) is 18.2 Å². The van der Waals surface area contributed by atoms with Crippen molar-refractivity contribution in [1.82, 2.24) is 0 Å². The van der Waals surface area contributed by atoms with Crippen molar-refractivity contribution in [2.45, 2.75) is 19.3 Å². The molecule has 2 aromatic carbocycles. The van der Waals surface area contributed by atoms with E-state index in [0.29, 0.717) is 5.56 Å². The summed E-state index contributed by atoms with van der Waals surface area (Å²) in [6.07, 6.45) is 1.68. The maximum atomic E-state index is 13.6. The van der Waals surface area contributed by atoms with Crippen molar-refractivity contribution < 1.29 is 13.6 Å². The lowest BCUT2D eigenvalue weighted by Gasteiger charge is -2.18. The van der Waals surface area contributed by atoms with Gasteiger partial charge in [0.1, 0.15) is 11.6 Å². The van der Waals surface area contributed by atoms with Crippen molar-refractivity contribution in [2.75, 3.05) is 11.9 Å². The van der Waals surface area contributed by atoms with Crippen LogP contribution in [0.2, 0.25) is 0 Å². The number of anilines is 1. The molecule has 0 aromatic heterocycles. The highest BCUT2D eigenvalue weighted by molar-refractivity contribution is 5.98. The number of rotatable bonds is 3. The first-order chi connectivity index (χ1) is 10.1. The molecule has 21 heavy (non-hydrogen) atoms. The van der Waals surface area contributed by atoms with Gasteiger partial charge in [0.2, 0.25) is 0 Å². The third-order valence-corrected chi connectivity index (χ3v) is 3.76. The van der Waals surface area contributed by atoms with E-state index >= 15 is 0 Å². The summed E-state index contributed by atoms with van der Waals surface area (Å²) < 4.78 is 27.2. The summed E-state index contributed by atoms with van der Waals surface area (Å²) in [5.74, 6) is -1.63. The van der Waals surface area contributed by atoms with E-state index in [9.17, 15) is 13.6 Å². The Morgan fingerprint density at radius 3 is 2.67 bits per heavy atom. The lowest BCUT2D eigenvalue weighted by atomic mass is 9.96. The molecule has 3 rings (SSSR count). The van der Waals surface area contributed by atoms with Crippen molar-refractivity contribution in [3.05, 3.63) is 64.7 Å². The number of carbonyl (C=O) groups is 1. The molecule has 0 saturated heterocycles. The quantitative estimate of drug-likeness (QED) is 0.871. The van der Waals surface area contributed by atoms with Crippen LogP contribution < -0.4 is 5.32 Å². The van der Waals surface area contributed by atoms with Gasteiger partial charge >= 0.3 is 0 Å². The fourth-order valence-electron chi connectivity index (χ4n) is 2.61. The zero-order valence-corrected chi connectivity index (χ0v) is 11.5. The Balaban J connectivity index is 1.86. The summed E-state index contributed by atoms with van der Waals surface area (Å²) in [4.78, 5) is 12.3. The monoisotopic (exact) mass is 287 g/mol. The minimum Gasteiger partial charge on any atom is -0.385 e. The molecule has 0 radical (unpaired) electrons. The third-order valence-electron chi connectivity index (χ3n) is 3.76. The number of fused-ring (bicyclic) bond motifs is 1. The second-order valence-electron chi connectivity index (χ2n) is 5.20. The van der Waals surface area contributed by atoms with E-state index < -0.39 is 11.6 Å². The first-order valence-corrected chi connectivity index (χ1v) is 6.98. The van der Waals surface area contributed by atoms with Crippen LogP contribution in [0.5, 0.6) is 0 Å². The first-order valence-electron chi connectivity index (χ1n) is 6.98. The van der Waals surface area contributed by atoms with Gasteiger partial charge in [0, 0.05) is 29.8 Å². The average Bonchev–Trinajstić information content (AvgIpc) is 2.50. The second-order valence-corrected chi connectivity index (χ2v) is 5.20. The van der Waals surface area contributed by atoms with E-state index in [1.54, 1.807) is 6.07 Å². The van der Waals surface area contributed by atoms with E-state index in [0.717, 1.165) is 30.6 Å². The zero-order valence-electron chi connectivity index (χ0n) is 11.5. The second kappa shape index (κ2) is 5.64. The largest absolute Gasteiger partial charge is 0.385 e. The predicted octanol–water partition coefficient (Wildman–Crippen LogP) is 3.75. The highest BCUT2D eigenvalue weighted by Crippen LogP contribution is 2.24. The number of ketones is 1. The Labute approximate surface area is 121 Å². The van der Waals surface area contributed by atoms with Crippen LogP contribution in [0.15, 0.2) is 36.4 Å². The fraction of sp³-hybridized carbons (Fsp3) is 0.235. The molecule has 2 aromatic rings. The van der Waals surface area contributed by atoms with Crippen LogP contribution >= 0.6 is 0 Å². The zero-order chi connectivity index (χ0) is 14.8. The van der Waals surface area contributed by atoms with Gasteiger partial charge < -0.3 is 5.32 Å². The maximum Gasteiger partial charge on any atom is 0.167 e. The summed E-state index contributed by atoms with van der Waals surface area (Å²) in [6.45, 7) is 0.931. The molecule has 0 unspecified atom stereocenters. The van der Waals surface area contributed by atoms with Gasteiger partial charge in [-0.15, -0.1) is 0 Å². The first kappa shape index (κ1) is 13.7. The molecular formula is C17H15F2NO. The summed E-state index contributed by atoms with van der Waals surface area (Å²) in [5.41, 5.74) is 2.45. The number of aryl methyl sites for hydroxylation is 1. The van der Waals surface area contributed by atoms with Crippen molar-refractivity contribution >= 4 is 11.5 Å². The van der Waals surface area contributed by atoms with Crippen LogP contribution in [0.25, 0.3) is 0 Å². The summed E-state index contributed by atoms with van der Waals surface area (Å²) >= 11 is 0. The van der Waals surface area contributed by atoms with Crippen LogP contribution in [0.1, 0.15) is 27.9 Å². The topological polar surface area (TPSA) is 29.1 Å². The lowest BCUT2D eigenvalue weighted by molar-refractivity contribution is 0.0990. The van der Waals surface area contributed by atoms with Crippen molar-refractivity contribution in [2.24, 2.45) is 0 Å². The van der Waals surface area contributed by atoms with Crippen LogP contribution in [0.3, 0.4) is 0 Å². The third kappa shape index (κ3) is 2.79. The Morgan fingerprint density at radius 1 is 1.14 bits per heavy atom. The van der Waals surface area contributed by atoms with Gasteiger partial charge in [-0.25, -0.2) is 8.78 Å². The molecule has 0 amide bonds. The van der Waals surface area contributed by atoms with E-state index in [1.807, 2.05) is 12.1 Å². The predicted molar refractivity (Wildman–Crippen MR) is 77.6 cm³/mol. The summed E-state index contributed by atoms with van der Waals surface area (Å²) in [7, 11) is 0. The molecule has 0 fully saturated rings. The lowest BCUT2D eigenvalue weighted by Crippen LogP contribution is -2.13. The van der Waals surface area contributed by atoms with Crippen LogP contribution in [0.4, 0.5) is 14.5 Å². The molecule has 0 atom stereocenters. The van der Waals surface area contributed by atoms with Gasteiger partial charge in [-0.2, -0.15) is 0 Å². The van der Waals surface area contributed by atoms with Crippen molar-refractivity contribution in [3.8, 4) is 0 Å². The minimum absolute atomic E-state index is 0.168. The highest BCUT2D eigenvalue weighted by atomic mass is 19.1. The Morgan fingerprint density at radius 2 is 1.90 bits per heavy atom. The number of hydrogen-bond donors (Lipinski definition) is 1. The molecule has 2 nitrogen and oxygen atoms in total. The van der Waals surface area contributed by atoms with Crippen LogP contribution in [-0.4, -0.2) is 12.3 Å². The van der Waals surface area contributed by atoms with Gasteiger partial charge in [0.25, 0.3) is 0 Å². The van der Waals surface area contributed by atoms with Crippen molar-refractivity contribution in [3.63, 3.8) is 0 Å². The Hall–Kier alpha value is -2.23.